The van der Waals surface area contributed by atoms with Crippen LogP contribution in [0.1, 0.15) is 51.8 Å². The third-order valence-electron chi connectivity index (χ3n) is 7.87. The molecule has 5 atom stereocenters. The predicted molar refractivity (Wildman–Crippen MR) is 158 cm³/mol. The van der Waals surface area contributed by atoms with Gasteiger partial charge in [0.05, 0.1) is 12.1 Å². The summed E-state index contributed by atoms with van der Waals surface area (Å²) in [5.41, 5.74) is 5.06. The highest BCUT2D eigenvalue weighted by Gasteiger charge is 2.60. The number of aliphatic hydroxyl groups excluding tert-OH is 1. The summed E-state index contributed by atoms with van der Waals surface area (Å²) in [6, 6.07) is 13.1. The average Bonchev–Trinajstić information content (AvgIpc) is 3.57. The van der Waals surface area contributed by atoms with Gasteiger partial charge in [0.2, 0.25) is 11.5 Å². The van der Waals surface area contributed by atoms with E-state index >= 15 is 0 Å². The van der Waals surface area contributed by atoms with Crippen molar-refractivity contribution in [1.82, 2.24) is 14.6 Å². The highest BCUT2D eigenvalue weighted by Crippen LogP contribution is 2.42. The second-order valence-electron chi connectivity index (χ2n) is 11.1. The molecule has 1 fully saturated rings. The summed E-state index contributed by atoms with van der Waals surface area (Å²) in [6.07, 6.45) is -1.91. The molecule has 0 bridgehead atoms. The Hall–Kier alpha value is -4.38. The second kappa shape index (κ2) is 13.9. The Kier molecular flexibility index (Phi) is 10.3. The summed E-state index contributed by atoms with van der Waals surface area (Å²) in [5.74, 6) is -1.88. The molecule has 0 radical (unpaired) electrons. The lowest BCUT2D eigenvalue weighted by atomic mass is 9.92. The van der Waals surface area contributed by atoms with Gasteiger partial charge in [-0.25, -0.2) is 9.50 Å². The highest BCUT2D eigenvalue weighted by atomic mass is 16.6. The summed E-state index contributed by atoms with van der Waals surface area (Å²) in [4.78, 5) is 42.5. The molecule has 3 heterocycles. The first-order valence-corrected chi connectivity index (χ1v) is 14.6. The third-order valence-corrected chi connectivity index (χ3v) is 7.87. The van der Waals surface area contributed by atoms with Crippen LogP contribution in [-0.4, -0.2) is 68.5 Å². The molecule has 0 spiro atoms. The van der Waals surface area contributed by atoms with Gasteiger partial charge < -0.3 is 30.4 Å². The SMILES string of the molecule is CCC(CC)C(=O)Nc1ncnn2c([C@]3(C#N)O[C@H](COC(=O)Cc4ccccc4)[C@@H](OC(=O)[C@@H](N)C(C)C)[C@H]3O)ccc12. The lowest BCUT2D eigenvalue weighted by Gasteiger charge is -2.25. The molecule has 4 rings (SSSR count). The number of nitrogens with two attached hydrogens (primary N) is 1. The molecule has 4 N–H and O–H groups in total. The van der Waals surface area contributed by atoms with Gasteiger partial charge in [0, 0.05) is 5.92 Å². The van der Waals surface area contributed by atoms with E-state index in [1.807, 2.05) is 26.0 Å². The Morgan fingerprint density at radius 2 is 1.89 bits per heavy atom. The summed E-state index contributed by atoms with van der Waals surface area (Å²) >= 11 is 0. The van der Waals surface area contributed by atoms with Crippen molar-refractivity contribution < 1.29 is 33.7 Å². The number of esters is 2. The Labute approximate surface area is 255 Å². The Bertz CT molecular complexity index is 1520. The van der Waals surface area contributed by atoms with E-state index in [0.717, 1.165) is 5.56 Å². The number of nitrogens with zero attached hydrogens (tertiary/aromatic N) is 4. The Morgan fingerprint density at radius 1 is 1.18 bits per heavy atom. The van der Waals surface area contributed by atoms with Crippen molar-refractivity contribution in [3.05, 3.63) is 60.0 Å². The van der Waals surface area contributed by atoms with Crippen molar-refractivity contribution in [3.8, 4) is 6.07 Å². The quantitative estimate of drug-likeness (QED) is 0.256. The topological polar surface area (TPSA) is 191 Å². The molecule has 1 aromatic carbocycles. The zero-order valence-electron chi connectivity index (χ0n) is 25.2. The van der Waals surface area contributed by atoms with Gasteiger partial charge in [0.15, 0.2) is 11.9 Å². The molecule has 0 aliphatic carbocycles. The molecule has 1 amide bonds. The van der Waals surface area contributed by atoms with Crippen LogP contribution in [0.2, 0.25) is 0 Å². The fraction of sp³-hybridized carbons (Fsp3) is 0.484. The zero-order chi connectivity index (χ0) is 32.0. The molecule has 1 saturated heterocycles. The number of benzene rings is 1. The van der Waals surface area contributed by atoms with E-state index in [2.05, 4.69) is 15.4 Å². The van der Waals surface area contributed by atoms with Crippen molar-refractivity contribution >= 4 is 29.2 Å². The van der Waals surface area contributed by atoms with Crippen LogP contribution in [0.25, 0.3) is 5.52 Å². The van der Waals surface area contributed by atoms with Crippen LogP contribution in [0.5, 0.6) is 0 Å². The molecule has 0 unspecified atom stereocenters. The van der Waals surface area contributed by atoms with E-state index in [0.29, 0.717) is 18.4 Å². The number of aliphatic hydroxyl groups is 1. The van der Waals surface area contributed by atoms with Gasteiger partial charge in [0.1, 0.15) is 42.8 Å². The maximum absolute atomic E-state index is 12.9. The van der Waals surface area contributed by atoms with Gasteiger partial charge in [-0.3, -0.25) is 14.4 Å². The smallest absolute Gasteiger partial charge is 0.323 e. The van der Waals surface area contributed by atoms with E-state index in [9.17, 15) is 24.8 Å². The van der Waals surface area contributed by atoms with Crippen LogP contribution in [0.4, 0.5) is 5.82 Å². The molecular weight excluding hydrogens is 568 g/mol. The number of amides is 1. The largest absolute Gasteiger partial charge is 0.463 e. The molecule has 3 aromatic rings. The van der Waals surface area contributed by atoms with Crippen LogP contribution in [0, 0.1) is 23.2 Å². The number of ether oxygens (including phenoxy) is 3. The molecule has 1 aliphatic heterocycles. The molecule has 2 aromatic heterocycles. The van der Waals surface area contributed by atoms with Crippen LogP contribution in [0.3, 0.4) is 0 Å². The van der Waals surface area contributed by atoms with Crippen LogP contribution >= 0.6 is 0 Å². The average molecular weight is 607 g/mol. The van der Waals surface area contributed by atoms with E-state index in [1.165, 1.54) is 16.9 Å². The van der Waals surface area contributed by atoms with Crippen LogP contribution in [0.15, 0.2) is 48.8 Å². The maximum atomic E-state index is 12.9. The lowest BCUT2D eigenvalue weighted by molar-refractivity contribution is -0.162. The molecule has 0 saturated carbocycles. The van der Waals surface area contributed by atoms with Crippen LogP contribution < -0.4 is 11.1 Å². The van der Waals surface area contributed by atoms with Gasteiger partial charge in [-0.05, 0) is 36.5 Å². The monoisotopic (exact) mass is 606 g/mol. The fourth-order valence-electron chi connectivity index (χ4n) is 5.10. The highest BCUT2D eigenvalue weighted by molar-refractivity contribution is 5.95. The number of carbonyl (C=O) groups excluding carboxylic acids is 3. The normalized spacial score (nSPS) is 22.1. The van der Waals surface area contributed by atoms with E-state index in [4.69, 9.17) is 19.9 Å². The number of aromatic nitrogens is 3. The van der Waals surface area contributed by atoms with Crippen molar-refractivity contribution in [3.63, 3.8) is 0 Å². The maximum Gasteiger partial charge on any atom is 0.323 e. The van der Waals surface area contributed by atoms with E-state index in [-0.39, 0.29) is 35.7 Å². The van der Waals surface area contributed by atoms with Gasteiger partial charge in [-0.15, -0.1) is 0 Å². The summed E-state index contributed by atoms with van der Waals surface area (Å²) in [6.45, 7) is 6.89. The van der Waals surface area contributed by atoms with Crippen molar-refractivity contribution in [2.24, 2.45) is 17.6 Å². The number of hydrogen-bond donors (Lipinski definition) is 3. The van der Waals surface area contributed by atoms with Gasteiger partial charge in [-0.2, -0.15) is 10.4 Å². The molecular formula is C31H38N6O7. The summed E-state index contributed by atoms with van der Waals surface area (Å²) < 4.78 is 18.5. The molecule has 234 valence electrons. The molecule has 13 heteroatoms. The summed E-state index contributed by atoms with van der Waals surface area (Å²) in [5, 5.41) is 29.1. The third kappa shape index (κ3) is 6.57. The van der Waals surface area contributed by atoms with Gasteiger partial charge in [-0.1, -0.05) is 58.0 Å². The summed E-state index contributed by atoms with van der Waals surface area (Å²) in [7, 11) is 0. The lowest BCUT2D eigenvalue weighted by Crippen LogP contribution is -2.46. The molecule has 1 aliphatic rings. The number of fused-ring (bicyclic) bond motifs is 1. The van der Waals surface area contributed by atoms with Gasteiger partial charge >= 0.3 is 11.9 Å². The number of anilines is 1. The minimum Gasteiger partial charge on any atom is -0.463 e. The Morgan fingerprint density at radius 3 is 2.52 bits per heavy atom. The van der Waals surface area contributed by atoms with Gasteiger partial charge in [0.25, 0.3) is 0 Å². The van der Waals surface area contributed by atoms with E-state index in [1.54, 1.807) is 44.2 Å². The van der Waals surface area contributed by atoms with Crippen molar-refractivity contribution in [1.29, 1.82) is 5.26 Å². The van der Waals surface area contributed by atoms with Crippen LogP contribution in [-0.2, 0) is 40.6 Å². The minimum absolute atomic E-state index is 0.0200. The number of nitrogens with one attached hydrogen (secondary N) is 1. The Balaban J connectivity index is 1.66. The first kappa shape index (κ1) is 32.5. The number of rotatable bonds is 12. The predicted octanol–water partition coefficient (Wildman–Crippen LogP) is 2.26. The number of hydrogen-bond acceptors (Lipinski definition) is 11. The molecule has 44 heavy (non-hydrogen) atoms. The molecule has 13 nitrogen and oxygen atoms in total. The van der Waals surface area contributed by atoms with E-state index < -0.39 is 48.5 Å². The second-order valence-corrected chi connectivity index (χ2v) is 11.1. The number of nitriles is 1. The first-order chi connectivity index (χ1) is 21.1. The van der Waals surface area contributed by atoms with Crippen molar-refractivity contribution in [2.75, 3.05) is 11.9 Å². The zero-order valence-corrected chi connectivity index (χ0v) is 25.2. The van der Waals surface area contributed by atoms with Crippen molar-refractivity contribution in [2.45, 2.75) is 76.9 Å². The number of carbonyl (C=O) groups is 3. The standard InChI is InChI=1S/C31H38N6O7/c1-5-20(6-2)29(40)36-28-21-12-13-23(37(21)35-17-34-28)31(16-32)27(39)26(43-30(41)25(33)18(3)4)22(44-31)15-42-24(38)14-19-10-8-7-9-11-19/h7-13,17-18,20,22,25-27,39H,5-6,14-15,33H2,1-4H3,(H,34,35,36,40)/t22-,25+,26-,27-,31+/m1/s1. The minimum atomic E-state index is -2.11. The first-order valence-electron chi connectivity index (χ1n) is 14.6. The fourth-order valence-corrected chi connectivity index (χ4v) is 5.10.